The van der Waals surface area contributed by atoms with E-state index in [9.17, 15) is 14.7 Å². The molecule has 0 bridgehead atoms. The van der Waals surface area contributed by atoms with Crippen molar-refractivity contribution in [2.24, 2.45) is 12.5 Å². The number of morpholine rings is 1. The zero-order valence-electron chi connectivity index (χ0n) is 12.2. The lowest BCUT2D eigenvalue weighted by Crippen LogP contribution is -2.53. The molecule has 1 amide bonds. The predicted molar refractivity (Wildman–Crippen MR) is 72.4 cm³/mol. The second-order valence-corrected chi connectivity index (χ2v) is 6.10. The van der Waals surface area contributed by atoms with Gasteiger partial charge in [-0.15, -0.1) is 0 Å². The number of carbonyl (C=O) groups is 2. The Kier molecular flexibility index (Phi) is 3.05. The van der Waals surface area contributed by atoms with Gasteiger partial charge in [0, 0.05) is 25.4 Å². The van der Waals surface area contributed by atoms with Gasteiger partial charge >= 0.3 is 5.97 Å². The Morgan fingerprint density at radius 3 is 2.67 bits per heavy atom. The van der Waals surface area contributed by atoms with Crippen molar-refractivity contribution in [3.8, 4) is 0 Å². The van der Waals surface area contributed by atoms with Gasteiger partial charge in [-0.1, -0.05) is 0 Å². The highest BCUT2D eigenvalue weighted by Gasteiger charge is 2.59. The zero-order chi connectivity index (χ0) is 15.3. The van der Waals surface area contributed by atoms with Crippen LogP contribution in [0.25, 0.3) is 0 Å². The van der Waals surface area contributed by atoms with Crippen molar-refractivity contribution in [3.63, 3.8) is 0 Å². The van der Waals surface area contributed by atoms with Crippen molar-refractivity contribution in [1.82, 2.24) is 14.7 Å². The fraction of sp³-hybridized carbons (Fsp3) is 0.643. The second-order valence-electron chi connectivity index (χ2n) is 6.10. The third kappa shape index (κ3) is 2.21. The fourth-order valence-electron chi connectivity index (χ4n) is 2.86. The van der Waals surface area contributed by atoms with E-state index in [1.807, 2.05) is 20.2 Å². The number of aliphatic carboxylic acids is 1. The highest BCUT2D eigenvalue weighted by molar-refractivity contribution is 6.04. The highest BCUT2D eigenvalue weighted by Crippen LogP contribution is 2.48. The Labute approximate surface area is 122 Å². The minimum absolute atomic E-state index is 0.284. The molecule has 1 aromatic heterocycles. The van der Waals surface area contributed by atoms with Gasteiger partial charge in [-0.25, -0.2) is 0 Å². The van der Waals surface area contributed by atoms with Crippen LogP contribution >= 0.6 is 0 Å². The molecule has 1 aliphatic carbocycles. The number of aromatic nitrogens is 2. The predicted octanol–water partition coefficient (Wildman–Crippen LogP) is 0.359. The Balaban J connectivity index is 1.80. The van der Waals surface area contributed by atoms with Gasteiger partial charge in [0.2, 0.25) is 5.91 Å². The molecule has 0 aromatic carbocycles. The lowest BCUT2D eigenvalue weighted by molar-refractivity contribution is -0.163. The molecular weight excluding hydrogens is 274 g/mol. The quantitative estimate of drug-likeness (QED) is 0.813. The zero-order valence-corrected chi connectivity index (χ0v) is 12.2. The van der Waals surface area contributed by atoms with E-state index in [-0.39, 0.29) is 5.91 Å². The molecular formula is C14H19N3O4. The van der Waals surface area contributed by atoms with Crippen molar-refractivity contribution >= 4 is 11.9 Å². The normalized spacial score (nSPS) is 27.4. The largest absolute Gasteiger partial charge is 0.480 e. The van der Waals surface area contributed by atoms with E-state index in [4.69, 9.17) is 4.74 Å². The van der Waals surface area contributed by atoms with Gasteiger partial charge in [0.05, 0.1) is 19.3 Å². The number of carboxylic acid groups (broad SMARTS) is 1. The molecule has 1 N–H and O–H groups in total. The van der Waals surface area contributed by atoms with E-state index in [1.54, 1.807) is 15.8 Å². The summed E-state index contributed by atoms with van der Waals surface area (Å²) in [6.45, 7) is 3.09. The number of hydrogen-bond donors (Lipinski definition) is 1. The van der Waals surface area contributed by atoms with E-state index >= 15 is 0 Å². The highest BCUT2D eigenvalue weighted by atomic mass is 16.5. The summed E-state index contributed by atoms with van der Waals surface area (Å²) in [5.74, 6) is -1.30. The maximum atomic E-state index is 12.5. The summed E-state index contributed by atoms with van der Waals surface area (Å²) in [6, 6.07) is 0. The molecule has 7 heteroatoms. The van der Waals surface area contributed by atoms with Crippen molar-refractivity contribution in [1.29, 1.82) is 0 Å². The molecule has 1 aromatic rings. The minimum atomic E-state index is -1.19. The van der Waals surface area contributed by atoms with Crippen LogP contribution in [0.15, 0.2) is 12.4 Å². The van der Waals surface area contributed by atoms with Gasteiger partial charge in [-0.2, -0.15) is 5.10 Å². The maximum Gasteiger partial charge on any atom is 0.319 e. The number of carbonyl (C=O) groups excluding carboxylic acids is 1. The molecule has 1 unspecified atom stereocenters. The summed E-state index contributed by atoms with van der Waals surface area (Å²) in [4.78, 5) is 25.4. The Morgan fingerprint density at radius 2 is 2.14 bits per heavy atom. The average Bonchev–Trinajstić information content (AvgIpc) is 3.14. The van der Waals surface area contributed by atoms with Crippen LogP contribution in [-0.2, 0) is 27.0 Å². The van der Waals surface area contributed by atoms with Crippen LogP contribution in [0.5, 0.6) is 0 Å². The van der Waals surface area contributed by atoms with Gasteiger partial charge in [-0.05, 0) is 19.8 Å². The summed E-state index contributed by atoms with van der Waals surface area (Å²) >= 11 is 0. The molecule has 1 saturated heterocycles. The van der Waals surface area contributed by atoms with Crippen LogP contribution in [0.3, 0.4) is 0 Å². The van der Waals surface area contributed by atoms with Crippen LogP contribution in [0, 0.1) is 5.41 Å². The third-order valence-corrected chi connectivity index (χ3v) is 4.45. The number of amides is 1. The number of ether oxygens (including phenoxy) is 1. The standard InChI is InChI=1S/C14H19N3O4/c1-13(10-7-15-16(2)8-10)9-17(5-6-21-13)11(18)14(3-4-14)12(19)20/h7-8H,3-6,9H2,1-2H3,(H,19,20). The molecule has 21 heavy (non-hydrogen) atoms. The number of aryl methyl sites for hydroxylation is 1. The van der Waals surface area contributed by atoms with Gasteiger partial charge in [0.1, 0.15) is 11.0 Å². The summed E-state index contributed by atoms with van der Waals surface area (Å²) in [5.41, 5.74) is -0.938. The summed E-state index contributed by atoms with van der Waals surface area (Å²) in [6.07, 6.45) is 4.44. The smallest absolute Gasteiger partial charge is 0.319 e. The number of rotatable bonds is 3. The molecule has 1 aliphatic heterocycles. The second kappa shape index (κ2) is 4.56. The monoisotopic (exact) mass is 293 g/mol. The van der Waals surface area contributed by atoms with E-state index in [0.717, 1.165) is 5.56 Å². The first-order chi connectivity index (χ1) is 9.87. The van der Waals surface area contributed by atoms with E-state index in [1.165, 1.54) is 0 Å². The van der Waals surface area contributed by atoms with Crippen molar-refractivity contribution in [2.75, 3.05) is 19.7 Å². The first-order valence-corrected chi connectivity index (χ1v) is 7.03. The minimum Gasteiger partial charge on any atom is -0.480 e. The van der Waals surface area contributed by atoms with E-state index in [0.29, 0.717) is 32.5 Å². The number of carboxylic acids is 1. The van der Waals surface area contributed by atoms with E-state index < -0.39 is 17.0 Å². The van der Waals surface area contributed by atoms with Crippen LogP contribution in [0.4, 0.5) is 0 Å². The summed E-state index contributed by atoms with van der Waals surface area (Å²) in [7, 11) is 1.82. The molecule has 1 saturated carbocycles. The Hall–Kier alpha value is -1.89. The fourth-order valence-corrected chi connectivity index (χ4v) is 2.86. The summed E-state index contributed by atoms with van der Waals surface area (Å²) < 4.78 is 7.53. The number of nitrogens with zero attached hydrogens (tertiary/aromatic N) is 3. The van der Waals surface area contributed by atoms with Crippen LogP contribution in [0.1, 0.15) is 25.3 Å². The first kappa shape index (κ1) is 14.1. The molecule has 0 spiro atoms. The average molecular weight is 293 g/mol. The van der Waals surface area contributed by atoms with Crippen molar-refractivity contribution in [2.45, 2.75) is 25.4 Å². The SMILES string of the molecule is Cn1cc(C2(C)CN(C(=O)C3(C(=O)O)CC3)CCO2)cn1. The molecule has 0 radical (unpaired) electrons. The summed E-state index contributed by atoms with van der Waals surface area (Å²) in [5, 5.41) is 13.4. The van der Waals surface area contributed by atoms with Gasteiger partial charge in [0.15, 0.2) is 0 Å². The molecule has 1 atom stereocenters. The third-order valence-electron chi connectivity index (χ3n) is 4.45. The van der Waals surface area contributed by atoms with Crippen LogP contribution in [0.2, 0.25) is 0 Å². The van der Waals surface area contributed by atoms with Crippen LogP contribution in [-0.4, -0.2) is 51.4 Å². The molecule has 2 heterocycles. The van der Waals surface area contributed by atoms with Gasteiger partial charge in [-0.3, -0.25) is 14.3 Å². The van der Waals surface area contributed by atoms with E-state index in [2.05, 4.69) is 5.10 Å². The first-order valence-electron chi connectivity index (χ1n) is 7.03. The van der Waals surface area contributed by atoms with Crippen molar-refractivity contribution in [3.05, 3.63) is 18.0 Å². The topological polar surface area (TPSA) is 84.7 Å². The van der Waals surface area contributed by atoms with Crippen LogP contribution < -0.4 is 0 Å². The Bertz CT molecular complexity index is 593. The lowest BCUT2D eigenvalue weighted by atomic mass is 9.95. The number of hydrogen-bond acceptors (Lipinski definition) is 4. The van der Waals surface area contributed by atoms with Gasteiger partial charge in [0.25, 0.3) is 0 Å². The lowest BCUT2D eigenvalue weighted by Gasteiger charge is -2.41. The molecule has 3 rings (SSSR count). The molecule has 2 aliphatic rings. The maximum absolute atomic E-state index is 12.5. The van der Waals surface area contributed by atoms with Crippen molar-refractivity contribution < 1.29 is 19.4 Å². The van der Waals surface area contributed by atoms with Gasteiger partial charge < -0.3 is 14.7 Å². The molecule has 114 valence electrons. The molecule has 2 fully saturated rings. The Morgan fingerprint density at radius 1 is 1.43 bits per heavy atom. The molecule has 7 nitrogen and oxygen atoms in total.